The average Bonchev–Trinajstić information content (AvgIpc) is 2.72. The van der Waals surface area contributed by atoms with E-state index < -0.39 is 6.09 Å². The zero-order valence-electron chi connectivity index (χ0n) is 17.3. The van der Waals surface area contributed by atoms with Crippen molar-refractivity contribution in [2.24, 2.45) is 4.99 Å². The van der Waals surface area contributed by atoms with Crippen LogP contribution in [0.3, 0.4) is 0 Å². The second-order valence-corrected chi connectivity index (χ2v) is 7.07. The van der Waals surface area contributed by atoms with Crippen LogP contribution in [0.2, 0.25) is 0 Å². The molecule has 0 heterocycles. The summed E-state index contributed by atoms with van der Waals surface area (Å²) in [7, 11) is 1.32. The van der Waals surface area contributed by atoms with Gasteiger partial charge in [0.2, 0.25) is 0 Å². The quantitative estimate of drug-likeness (QED) is 0.254. The van der Waals surface area contributed by atoms with Crippen LogP contribution in [0.25, 0.3) is 0 Å². The number of methoxy groups -OCH3 is 1. The predicted molar refractivity (Wildman–Crippen MR) is 133 cm³/mol. The summed E-state index contributed by atoms with van der Waals surface area (Å²) < 4.78 is 18.1. The van der Waals surface area contributed by atoms with Crippen LogP contribution in [0.1, 0.15) is 23.6 Å². The van der Waals surface area contributed by atoms with E-state index in [0.717, 1.165) is 29.0 Å². The standard InChI is InChI=1S/C21H27FN4O2S.HI/c1-4-23-20(25-13-16-7-8-18(22)11-17(16)14-29-3)24-12-15-5-9-19(10-6-15)26-21(27)28-2;/h5-11H,4,12-14H2,1-3H3,(H,26,27)(H2,23,24,25);1H. The number of aliphatic imine (C=N–C) groups is 1. The van der Waals surface area contributed by atoms with Crippen molar-refractivity contribution in [1.82, 2.24) is 10.6 Å². The van der Waals surface area contributed by atoms with Gasteiger partial charge in [0.05, 0.1) is 13.7 Å². The highest BCUT2D eigenvalue weighted by molar-refractivity contribution is 14.0. The van der Waals surface area contributed by atoms with Gasteiger partial charge in [-0.2, -0.15) is 11.8 Å². The number of hydrogen-bond acceptors (Lipinski definition) is 4. The van der Waals surface area contributed by atoms with Gasteiger partial charge < -0.3 is 15.4 Å². The first kappa shape index (κ1) is 26.0. The Bertz CT molecular complexity index is 834. The molecule has 9 heteroatoms. The van der Waals surface area contributed by atoms with E-state index in [0.29, 0.717) is 24.7 Å². The summed E-state index contributed by atoms with van der Waals surface area (Å²) in [6.07, 6.45) is 1.50. The second-order valence-electron chi connectivity index (χ2n) is 6.21. The molecule has 30 heavy (non-hydrogen) atoms. The molecule has 2 aromatic carbocycles. The van der Waals surface area contributed by atoms with Gasteiger partial charge >= 0.3 is 6.09 Å². The lowest BCUT2D eigenvalue weighted by molar-refractivity contribution is 0.187. The second kappa shape index (κ2) is 14.1. The van der Waals surface area contributed by atoms with E-state index in [1.165, 1.54) is 13.2 Å². The van der Waals surface area contributed by atoms with Gasteiger partial charge in [-0.3, -0.25) is 5.32 Å². The maximum Gasteiger partial charge on any atom is 0.411 e. The van der Waals surface area contributed by atoms with E-state index in [-0.39, 0.29) is 29.8 Å². The molecule has 0 unspecified atom stereocenters. The zero-order chi connectivity index (χ0) is 21.1. The van der Waals surface area contributed by atoms with Crippen LogP contribution < -0.4 is 16.0 Å². The Kier molecular flexibility index (Phi) is 12.2. The van der Waals surface area contributed by atoms with Gasteiger partial charge in [-0.1, -0.05) is 18.2 Å². The third-order valence-corrected chi connectivity index (χ3v) is 4.66. The van der Waals surface area contributed by atoms with Gasteiger partial charge in [0.15, 0.2) is 5.96 Å². The number of nitrogens with one attached hydrogen (secondary N) is 3. The average molecular weight is 546 g/mol. The van der Waals surface area contributed by atoms with E-state index in [4.69, 9.17) is 0 Å². The normalized spacial score (nSPS) is 10.7. The molecule has 0 aliphatic heterocycles. The first-order chi connectivity index (χ1) is 14.0. The van der Waals surface area contributed by atoms with Crippen LogP contribution in [-0.4, -0.2) is 32.0 Å². The monoisotopic (exact) mass is 546 g/mol. The lowest BCUT2D eigenvalue weighted by Crippen LogP contribution is -2.37. The van der Waals surface area contributed by atoms with Crippen molar-refractivity contribution >= 4 is 53.5 Å². The molecule has 0 spiro atoms. The topological polar surface area (TPSA) is 74.8 Å². The molecule has 3 N–H and O–H groups in total. The number of halogens is 2. The molecule has 0 fully saturated rings. The summed E-state index contributed by atoms with van der Waals surface area (Å²) in [5.74, 6) is 1.22. The number of rotatable bonds is 8. The Morgan fingerprint density at radius 1 is 1.13 bits per heavy atom. The van der Waals surface area contributed by atoms with Gasteiger partial charge in [-0.15, -0.1) is 24.0 Å². The van der Waals surface area contributed by atoms with Crippen molar-refractivity contribution < 1.29 is 13.9 Å². The fraction of sp³-hybridized carbons (Fsp3) is 0.333. The van der Waals surface area contributed by atoms with Crippen LogP contribution in [0.15, 0.2) is 47.5 Å². The smallest absolute Gasteiger partial charge is 0.411 e. The predicted octanol–water partition coefficient (Wildman–Crippen LogP) is 4.74. The maximum atomic E-state index is 13.5. The number of thioether (sulfide) groups is 1. The summed E-state index contributed by atoms with van der Waals surface area (Å²) >= 11 is 1.66. The number of guanidine groups is 1. The van der Waals surface area contributed by atoms with Crippen LogP contribution >= 0.6 is 35.7 Å². The molecule has 0 atom stereocenters. The van der Waals surface area contributed by atoms with Crippen molar-refractivity contribution in [2.45, 2.75) is 25.8 Å². The number of ether oxygens (including phenoxy) is 1. The Morgan fingerprint density at radius 3 is 2.50 bits per heavy atom. The SMILES string of the molecule is CCNC(=NCc1ccc(NC(=O)OC)cc1)NCc1ccc(F)cc1CSC.I. The molecule has 0 saturated carbocycles. The summed E-state index contributed by atoms with van der Waals surface area (Å²) in [4.78, 5) is 15.8. The highest BCUT2D eigenvalue weighted by Crippen LogP contribution is 2.16. The number of carbonyl (C=O) groups is 1. The molecule has 0 aliphatic carbocycles. The molecule has 0 aromatic heterocycles. The van der Waals surface area contributed by atoms with Crippen LogP contribution in [0, 0.1) is 5.82 Å². The lowest BCUT2D eigenvalue weighted by atomic mass is 10.1. The van der Waals surface area contributed by atoms with Crippen LogP contribution in [0.5, 0.6) is 0 Å². The number of amides is 1. The highest BCUT2D eigenvalue weighted by Gasteiger charge is 2.06. The van der Waals surface area contributed by atoms with Crippen molar-refractivity contribution in [1.29, 1.82) is 0 Å². The summed E-state index contributed by atoms with van der Waals surface area (Å²) in [5.41, 5.74) is 3.69. The number of hydrogen-bond donors (Lipinski definition) is 3. The fourth-order valence-electron chi connectivity index (χ4n) is 2.61. The number of benzene rings is 2. The van der Waals surface area contributed by atoms with Gasteiger partial charge in [-0.25, -0.2) is 14.2 Å². The minimum Gasteiger partial charge on any atom is -0.453 e. The first-order valence-corrected chi connectivity index (χ1v) is 10.7. The Labute approximate surface area is 198 Å². The minimum atomic E-state index is -0.504. The molecule has 2 aromatic rings. The third kappa shape index (κ3) is 8.78. The number of anilines is 1. The van der Waals surface area contributed by atoms with Crippen LogP contribution in [-0.2, 0) is 23.6 Å². The Hall–Kier alpha value is -2.01. The molecule has 0 saturated heterocycles. The van der Waals surface area contributed by atoms with E-state index in [2.05, 4.69) is 25.7 Å². The van der Waals surface area contributed by atoms with E-state index >= 15 is 0 Å². The molecule has 1 amide bonds. The van der Waals surface area contributed by atoms with Crippen molar-refractivity contribution in [3.63, 3.8) is 0 Å². The molecule has 0 radical (unpaired) electrons. The highest BCUT2D eigenvalue weighted by atomic mass is 127. The summed E-state index contributed by atoms with van der Waals surface area (Å²) in [5, 5.41) is 9.13. The zero-order valence-corrected chi connectivity index (χ0v) is 20.5. The molecular formula is C21H28FIN4O2S. The van der Waals surface area contributed by atoms with Crippen molar-refractivity contribution in [3.8, 4) is 0 Å². The Balaban J connectivity index is 0.00000450. The molecular weight excluding hydrogens is 518 g/mol. The molecule has 6 nitrogen and oxygen atoms in total. The minimum absolute atomic E-state index is 0. The third-order valence-electron chi connectivity index (χ3n) is 4.06. The number of nitrogens with zero attached hydrogens (tertiary/aromatic N) is 1. The Morgan fingerprint density at radius 2 is 1.87 bits per heavy atom. The molecule has 164 valence electrons. The lowest BCUT2D eigenvalue weighted by Gasteiger charge is -2.14. The van der Waals surface area contributed by atoms with E-state index in [9.17, 15) is 9.18 Å². The van der Waals surface area contributed by atoms with Gasteiger partial charge in [-0.05, 0) is 54.1 Å². The van der Waals surface area contributed by atoms with Gasteiger partial charge in [0, 0.05) is 24.5 Å². The largest absolute Gasteiger partial charge is 0.453 e. The van der Waals surface area contributed by atoms with Gasteiger partial charge in [0.25, 0.3) is 0 Å². The van der Waals surface area contributed by atoms with Crippen LogP contribution in [0.4, 0.5) is 14.9 Å². The first-order valence-electron chi connectivity index (χ1n) is 9.28. The summed E-state index contributed by atoms with van der Waals surface area (Å²) in [6.45, 7) is 3.77. The summed E-state index contributed by atoms with van der Waals surface area (Å²) in [6, 6.07) is 12.3. The van der Waals surface area contributed by atoms with Gasteiger partial charge in [0.1, 0.15) is 5.82 Å². The van der Waals surface area contributed by atoms with E-state index in [1.54, 1.807) is 30.0 Å². The molecule has 0 aliphatic rings. The number of carbonyl (C=O) groups excluding carboxylic acids is 1. The molecule has 0 bridgehead atoms. The molecule has 2 rings (SSSR count). The van der Waals surface area contributed by atoms with Crippen molar-refractivity contribution in [2.75, 3.05) is 25.2 Å². The maximum absolute atomic E-state index is 13.5. The fourth-order valence-corrected chi connectivity index (χ4v) is 3.19. The van der Waals surface area contributed by atoms with Crippen molar-refractivity contribution in [3.05, 3.63) is 65.0 Å². The van der Waals surface area contributed by atoms with E-state index in [1.807, 2.05) is 31.4 Å².